The third-order valence-electron chi connectivity index (χ3n) is 4.21. The van der Waals surface area contributed by atoms with Crippen molar-refractivity contribution in [1.82, 2.24) is 19.7 Å². The van der Waals surface area contributed by atoms with Crippen molar-refractivity contribution in [2.75, 3.05) is 0 Å². The molecule has 0 aliphatic heterocycles. The number of benzene rings is 2. The summed E-state index contributed by atoms with van der Waals surface area (Å²) in [6, 6.07) is 15.1. The van der Waals surface area contributed by atoms with Gasteiger partial charge in [0.15, 0.2) is 0 Å². The van der Waals surface area contributed by atoms with Gasteiger partial charge in [-0.2, -0.15) is 4.98 Å². The molecule has 0 saturated carbocycles. The van der Waals surface area contributed by atoms with Crippen LogP contribution >= 0.6 is 0 Å². The number of hydrogen-bond donors (Lipinski definition) is 1. The molecular formula is C20H16N4O3. The average molecular weight is 360 g/mol. The molecule has 4 aromatic rings. The van der Waals surface area contributed by atoms with Gasteiger partial charge in [-0.05, 0) is 36.8 Å². The molecule has 7 heteroatoms. The molecule has 0 bridgehead atoms. The summed E-state index contributed by atoms with van der Waals surface area (Å²) in [5, 5.41) is 3.99. The predicted octanol–water partition coefficient (Wildman–Crippen LogP) is 2.93. The van der Waals surface area contributed by atoms with E-state index in [1.165, 1.54) is 4.57 Å². The fourth-order valence-corrected chi connectivity index (χ4v) is 2.88. The highest BCUT2D eigenvalue weighted by atomic mass is 16.5. The fourth-order valence-electron chi connectivity index (χ4n) is 2.88. The summed E-state index contributed by atoms with van der Waals surface area (Å²) in [6.45, 7) is 2.23. The van der Waals surface area contributed by atoms with Gasteiger partial charge in [0.1, 0.15) is 0 Å². The summed E-state index contributed by atoms with van der Waals surface area (Å²) < 4.78 is 6.70. The molecule has 134 valence electrons. The summed E-state index contributed by atoms with van der Waals surface area (Å²) >= 11 is 0. The Morgan fingerprint density at radius 3 is 2.70 bits per heavy atom. The number of aromatic amines is 1. The highest BCUT2D eigenvalue weighted by Crippen LogP contribution is 2.20. The zero-order valence-electron chi connectivity index (χ0n) is 14.5. The van der Waals surface area contributed by atoms with Crippen LogP contribution < -0.4 is 11.1 Å². The molecule has 0 spiro atoms. The van der Waals surface area contributed by atoms with Gasteiger partial charge in [0.2, 0.25) is 5.82 Å². The van der Waals surface area contributed by atoms with Crippen molar-refractivity contribution in [2.24, 2.45) is 0 Å². The molecule has 2 aromatic heterocycles. The molecule has 0 aliphatic rings. The minimum atomic E-state index is -0.652. The van der Waals surface area contributed by atoms with E-state index < -0.39 is 11.1 Å². The Balaban J connectivity index is 1.70. The lowest BCUT2D eigenvalue weighted by Crippen LogP contribution is -2.35. The monoisotopic (exact) mass is 360 g/mol. The number of aryl methyl sites for hydroxylation is 1. The normalized spacial score (nSPS) is 11.4. The number of H-pyrrole nitrogens is 1. The third-order valence-corrected chi connectivity index (χ3v) is 4.21. The molecule has 7 nitrogen and oxygen atoms in total. The number of nitrogens with one attached hydrogen (secondary N) is 1. The number of rotatable bonds is 4. The highest BCUT2D eigenvalue weighted by molar-refractivity contribution is 5.80. The van der Waals surface area contributed by atoms with Crippen molar-refractivity contribution in [3.8, 4) is 11.4 Å². The lowest BCUT2D eigenvalue weighted by atomic mass is 10.2. The van der Waals surface area contributed by atoms with Crippen molar-refractivity contribution in [3.63, 3.8) is 0 Å². The van der Waals surface area contributed by atoms with E-state index >= 15 is 0 Å². The van der Waals surface area contributed by atoms with Crippen molar-refractivity contribution in [3.05, 3.63) is 80.7 Å². The first-order chi connectivity index (χ1) is 13.2. The molecule has 4 rings (SSSR count). The average Bonchev–Trinajstić information content (AvgIpc) is 3.17. The van der Waals surface area contributed by atoms with Gasteiger partial charge in [-0.25, -0.2) is 0 Å². The zero-order chi connectivity index (χ0) is 18.8. The summed E-state index contributed by atoms with van der Waals surface area (Å²) in [5.41, 5.74) is 1.69. The molecular weight excluding hydrogens is 344 g/mol. The van der Waals surface area contributed by atoms with Gasteiger partial charge in [0.05, 0.1) is 11.0 Å². The zero-order valence-corrected chi connectivity index (χ0v) is 14.5. The highest BCUT2D eigenvalue weighted by Gasteiger charge is 2.11. The Kier molecular flexibility index (Phi) is 4.25. The van der Waals surface area contributed by atoms with Crippen LogP contribution in [0.3, 0.4) is 0 Å². The van der Waals surface area contributed by atoms with Crippen molar-refractivity contribution in [2.45, 2.75) is 13.5 Å². The number of nitrogens with zero attached hydrogens (tertiary/aromatic N) is 3. The van der Waals surface area contributed by atoms with Crippen molar-refractivity contribution < 1.29 is 4.52 Å². The summed E-state index contributed by atoms with van der Waals surface area (Å²) in [7, 11) is 0. The topological polar surface area (TPSA) is 93.8 Å². The van der Waals surface area contributed by atoms with E-state index in [0.29, 0.717) is 34.9 Å². The van der Waals surface area contributed by atoms with Gasteiger partial charge in [-0.3, -0.25) is 9.59 Å². The molecule has 0 unspecified atom stereocenters. The first kappa shape index (κ1) is 16.7. The smallest absolute Gasteiger partial charge is 0.316 e. The molecule has 27 heavy (non-hydrogen) atoms. The van der Waals surface area contributed by atoms with Crippen LogP contribution in [-0.2, 0) is 6.54 Å². The molecule has 1 N–H and O–H groups in total. The van der Waals surface area contributed by atoms with Crippen LogP contribution in [0.2, 0.25) is 0 Å². The van der Waals surface area contributed by atoms with Crippen LogP contribution in [0.5, 0.6) is 0 Å². The van der Waals surface area contributed by atoms with E-state index in [1.807, 2.05) is 43.3 Å². The Hall–Kier alpha value is -3.74. The van der Waals surface area contributed by atoms with Crippen LogP contribution in [0.25, 0.3) is 34.6 Å². The van der Waals surface area contributed by atoms with E-state index in [0.717, 1.165) is 5.56 Å². The summed E-state index contributed by atoms with van der Waals surface area (Å²) in [6.07, 6.45) is 3.62. The van der Waals surface area contributed by atoms with Crippen LogP contribution in [0.4, 0.5) is 0 Å². The van der Waals surface area contributed by atoms with Crippen LogP contribution in [0.1, 0.15) is 18.4 Å². The molecule has 0 atom stereocenters. The van der Waals surface area contributed by atoms with E-state index in [1.54, 1.807) is 24.3 Å². The number of aromatic nitrogens is 4. The first-order valence-electron chi connectivity index (χ1n) is 8.50. The molecule has 0 fully saturated rings. The SMILES string of the molecule is CCn1c(=O)c(=O)[nH]c2cc(-c3noc(C=Cc4ccccc4)n3)ccc21. The molecule has 0 saturated heterocycles. The van der Waals surface area contributed by atoms with E-state index in [2.05, 4.69) is 15.1 Å². The van der Waals surface area contributed by atoms with Gasteiger partial charge in [0, 0.05) is 18.2 Å². The largest absolute Gasteiger partial charge is 0.334 e. The van der Waals surface area contributed by atoms with Gasteiger partial charge >= 0.3 is 11.1 Å². The van der Waals surface area contributed by atoms with Crippen molar-refractivity contribution in [1.29, 1.82) is 0 Å². The van der Waals surface area contributed by atoms with E-state index in [9.17, 15) is 9.59 Å². The molecule has 0 amide bonds. The first-order valence-corrected chi connectivity index (χ1v) is 8.50. The second kappa shape index (κ2) is 6.87. The number of fused-ring (bicyclic) bond motifs is 1. The predicted molar refractivity (Wildman–Crippen MR) is 103 cm³/mol. The van der Waals surface area contributed by atoms with E-state index in [-0.39, 0.29) is 0 Å². The lowest BCUT2D eigenvalue weighted by Gasteiger charge is -2.07. The Labute approximate surface area is 153 Å². The minimum Gasteiger partial charge on any atom is -0.334 e. The Morgan fingerprint density at radius 2 is 1.93 bits per heavy atom. The maximum Gasteiger partial charge on any atom is 0.316 e. The molecule has 2 aromatic carbocycles. The maximum absolute atomic E-state index is 11.9. The standard InChI is InChI=1S/C20H16N4O3/c1-2-24-16-10-9-14(12-15(16)21-19(25)20(24)26)18-22-17(27-23-18)11-8-13-6-4-3-5-7-13/h3-12H,2H2,1H3,(H,21,25). The number of hydrogen-bond acceptors (Lipinski definition) is 5. The second-order valence-corrected chi connectivity index (χ2v) is 5.94. The molecule has 0 aliphatic carbocycles. The second-order valence-electron chi connectivity index (χ2n) is 5.94. The lowest BCUT2D eigenvalue weighted by molar-refractivity contribution is 0.411. The molecule has 0 radical (unpaired) electrons. The van der Waals surface area contributed by atoms with Crippen LogP contribution in [0, 0.1) is 0 Å². The van der Waals surface area contributed by atoms with Gasteiger partial charge in [0.25, 0.3) is 5.89 Å². The van der Waals surface area contributed by atoms with E-state index in [4.69, 9.17) is 4.52 Å². The van der Waals surface area contributed by atoms with Gasteiger partial charge in [-0.1, -0.05) is 35.5 Å². The summed E-state index contributed by atoms with van der Waals surface area (Å²) in [5.74, 6) is 0.778. The summed E-state index contributed by atoms with van der Waals surface area (Å²) in [4.78, 5) is 30.7. The molecule has 2 heterocycles. The fraction of sp³-hybridized carbons (Fsp3) is 0.100. The quantitative estimate of drug-likeness (QED) is 0.565. The minimum absolute atomic E-state index is 0.376. The third kappa shape index (κ3) is 3.22. The Morgan fingerprint density at radius 1 is 1.11 bits per heavy atom. The Bertz CT molecular complexity index is 1250. The maximum atomic E-state index is 11.9. The van der Waals surface area contributed by atoms with Crippen molar-refractivity contribution >= 4 is 23.2 Å². The van der Waals surface area contributed by atoms with Crippen LogP contribution in [-0.4, -0.2) is 19.7 Å². The van der Waals surface area contributed by atoms with Gasteiger partial charge < -0.3 is 14.1 Å². The van der Waals surface area contributed by atoms with Crippen LogP contribution in [0.15, 0.2) is 62.6 Å². The van der Waals surface area contributed by atoms with Gasteiger partial charge in [-0.15, -0.1) is 0 Å².